The summed E-state index contributed by atoms with van der Waals surface area (Å²) in [4.78, 5) is 20.4. The fourth-order valence-electron chi connectivity index (χ4n) is 3.69. The van der Waals surface area contributed by atoms with Gasteiger partial charge in [0.15, 0.2) is 11.5 Å². The Balaban J connectivity index is 1.40. The quantitative estimate of drug-likeness (QED) is 0.906. The number of phenolic OH excluding ortho intramolecular Hbond substituents is 1. The molecule has 27 heavy (non-hydrogen) atoms. The number of nitrogens with zero attached hydrogens (tertiary/aromatic N) is 2. The highest BCUT2D eigenvalue weighted by Gasteiger charge is 2.43. The molecule has 1 N–H and O–H groups in total. The summed E-state index contributed by atoms with van der Waals surface area (Å²) in [6, 6.07) is 14.7. The molecule has 0 radical (unpaired) electrons. The summed E-state index contributed by atoms with van der Waals surface area (Å²) in [6.45, 7) is 1.22. The van der Waals surface area contributed by atoms with Crippen LogP contribution in [0, 0.1) is 0 Å². The van der Waals surface area contributed by atoms with Crippen LogP contribution in [0.2, 0.25) is 0 Å². The highest BCUT2D eigenvalue weighted by Crippen LogP contribution is 2.36. The second kappa shape index (κ2) is 6.95. The van der Waals surface area contributed by atoms with E-state index in [9.17, 15) is 9.90 Å². The van der Waals surface area contributed by atoms with E-state index in [1.54, 1.807) is 12.1 Å². The van der Waals surface area contributed by atoms with Crippen LogP contribution in [0.5, 0.6) is 11.5 Å². The van der Waals surface area contributed by atoms with Crippen LogP contribution in [0.4, 0.5) is 0 Å². The van der Waals surface area contributed by atoms with Gasteiger partial charge in [0.1, 0.15) is 5.60 Å². The van der Waals surface area contributed by atoms with Crippen LogP contribution >= 0.6 is 0 Å². The third-order valence-corrected chi connectivity index (χ3v) is 5.33. The Morgan fingerprint density at radius 1 is 1.19 bits per heavy atom. The SMILES string of the molecule is COc1cc(C(=O)N2CCC3(CC2)CC(c2ccccc2)=NO3)ccc1O. The number of ether oxygens (including phenoxy) is 1. The molecule has 2 aliphatic rings. The predicted molar refractivity (Wildman–Crippen MR) is 101 cm³/mol. The van der Waals surface area contributed by atoms with E-state index >= 15 is 0 Å². The molecule has 2 aliphatic heterocycles. The predicted octanol–water partition coefficient (Wildman–Crippen LogP) is 3.20. The van der Waals surface area contributed by atoms with Gasteiger partial charge in [-0.1, -0.05) is 35.5 Å². The van der Waals surface area contributed by atoms with Gasteiger partial charge in [0, 0.05) is 37.9 Å². The van der Waals surface area contributed by atoms with Crippen molar-refractivity contribution in [2.45, 2.75) is 24.9 Å². The highest BCUT2D eigenvalue weighted by molar-refractivity contribution is 6.01. The topological polar surface area (TPSA) is 71.4 Å². The molecule has 0 unspecified atom stereocenters. The van der Waals surface area contributed by atoms with Crippen molar-refractivity contribution >= 4 is 11.6 Å². The van der Waals surface area contributed by atoms with Gasteiger partial charge in [-0.3, -0.25) is 4.79 Å². The Bertz CT molecular complexity index is 871. The molecule has 6 nitrogen and oxygen atoms in total. The summed E-state index contributed by atoms with van der Waals surface area (Å²) < 4.78 is 5.10. The number of likely N-dealkylation sites (tertiary alicyclic amines) is 1. The molecule has 0 bridgehead atoms. The van der Waals surface area contributed by atoms with E-state index in [4.69, 9.17) is 9.57 Å². The van der Waals surface area contributed by atoms with E-state index in [0.717, 1.165) is 30.5 Å². The fraction of sp³-hybridized carbons (Fsp3) is 0.333. The Morgan fingerprint density at radius 2 is 1.93 bits per heavy atom. The van der Waals surface area contributed by atoms with Crippen molar-refractivity contribution in [1.82, 2.24) is 4.90 Å². The highest BCUT2D eigenvalue weighted by atomic mass is 16.7. The summed E-state index contributed by atoms with van der Waals surface area (Å²) in [5.41, 5.74) is 2.26. The Labute approximate surface area is 158 Å². The number of hydrogen-bond donors (Lipinski definition) is 1. The third-order valence-electron chi connectivity index (χ3n) is 5.33. The lowest BCUT2D eigenvalue weighted by molar-refractivity contribution is -0.0568. The average Bonchev–Trinajstić information content (AvgIpc) is 3.13. The van der Waals surface area contributed by atoms with Gasteiger partial charge < -0.3 is 19.6 Å². The van der Waals surface area contributed by atoms with Crippen LogP contribution in [-0.4, -0.2) is 47.4 Å². The molecule has 1 spiro atoms. The maximum atomic E-state index is 12.8. The van der Waals surface area contributed by atoms with Crippen LogP contribution in [0.3, 0.4) is 0 Å². The molecule has 1 fully saturated rings. The number of phenols is 1. The summed E-state index contributed by atoms with van der Waals surface area (Å²) in [5, 5.41) is 14.0. The maximum absolute atomic E-state index is 12.8. The Hall–Kier alpha value is -3.02. The number of oxime groups is 1. The minimum absolute atomic E-state index is 0.0246. The van der Waals surface area contributed by atoms with E-state index in [0.29, 0.717) is 24.4 Å². The molecular weight excluding hydrogens is 344 g/mol. The van der Waals surface area contributed by atoms with E-state index in [2.05, 4.69) is 5.16 Å². The van der Waals surface area contributed by atoms with Gasteiger partial charge in [-0.25, -0.2) is 0 Å². The average molecular weight is 366 g/mol. The standard InChI is InChI=1S/C21H22N2O4/c1-26-19-13-16(7-8-18(19)24)20(25)23-11-9-21(10-12-23)14-17(22-27-21)15-5-3-2-4-6-15/h2-8,13,24H,9-12,14H2,1H3. The summed E-state index contributed by atoms with van der Waals surface area (Å²) in [5.74, 6) is 0.260. The monoisotopic (exact) mass is 366 g/mol. The van der Waals surface area contributed by atoms with Crippen molar-refractivity contribution in [3.63, 3.8) is 0 Å². The van der Waals surface area contributed by atoms with Gasteiger partial charge in [-0.15, -0.1) is 0 Å². The number of rotatable bonds is 3. The first-order valence-corrected chi connectivity index (χ1v) is 9.07. The number of methoxy groups -OCH3 is 1. The number of aromatic hydroxyl groups is 1. The molecule has 2 aromatic carbocycles. The van der Waals surface area contributed by atoms with Gasteiger partial charge in [0.2, 0.25) is 0 Å². The van der Waals surface area contributed by atoms with Crippen molar-refractivity contribution in [1.29, 1.82) is 0 Å². The van der Waals surface area contributed by atoms with Crippen LogP contribution in [0.1, 0.15) is 35.2 Å². The molecule has 2 aromatic rings. The molecule has 4 rings (SSSR count). The smallest absolute Gasteiger partial charge is 0.253 e. The number of piperidine rings is 1. The lowest BCUT2D eigenvalue weighted by Crippen LogP contribution is -2.46. The van der Waals surface area contributed by atoms with Crippen molar-refractivity contribution in [2.75, 3.05) is 20.2 Å². The van der Waals surface area contributed by atoms with Crippen molar-refractivity contribution < 1.29 is 19.5 Å². The summed E-state index contributed by atoms with van der Waals surface area (Å²) in [6.07, 6.45) is 2.26. The van der Waals surface area contributed by atoms with Crippen LogP contribution < -0.4 is 4.74 Å². The number of hydrogen-bond acceptors (Lipinski definition) is 5. The van der Waals surface area contributed by atoms with Crippen LogP contribution in [0.15, 0.2) is 53.7 Å². The maximum Gasteiger partial charge on any atom is 0.253 e. The second-order valence-electron chi connectivity index (χ2n) is 7.03. The molecule has 140 valence electrons. The van der Waals surface area contributed by atoms with E-state index < -0.39 is 0 Å². The summed E-state index contributed by atoms with van der Waals surface area (Å²) >= 11 is 0. The molecule has 0 aliphatic carbocycles. The molecular formula is C21H22N2O4. The normalized spacial score (nSPS) is 18.1. The van der Waals surface area contributed by atoms with E-state index in [1.165, 1.54) is 13.2 Å². The first kappa shape index (κ1) is 17.4. The second-order valence-corrected chi connectivity index (χ2v) is 7.03. The van der Waals surface area contributed by atoms with Gasteiger partial charge in [0.25, 0.3) is 5.91 Å². The molecule has 2 heterocycles. The third kappa shape index (κ3) is 3.35. The van der Waals surface area contributed by atoms with Crippen LogP contribution in [0.25, 0.3) is 0 Å². The molecule has 1 amide bonds. The van der Waals surface area contributed by atoms with Gasteiger partial charge >= 0.3 is 0 Å². The molecule has 0 atom stereocenters. The number of carbonyl (C=O) groups is 1. The molecule has 0 saturated carbocycles. The lowest BCUT2D eigenvalue weighted by Gasteiger charge is -2.37. The zero-order valence-electron chi connectivity index (χ0n) is 15.2. The zero-order valence-corrected chi connectivity index (χ0v) is 15.2. The number of carbonyl (C=O) groups excluding carboxylic acids is 1. The fourth-order valence-corrected chi connectivity index (χ4v) is 3.69. The Kier molecular flexibility index (Phi) is 4.48. The minimum Gasteiger partial charge on any atom is -0.504 e. The first-order chi connectivity index (χ1) is 13.1. The van der Waals surface area contributed by atoms with Gasteiger partial charge in [-0.2, -0.15) is 0 Å². The molecule has 1 saturated heterocycles. The largest absolute Gasteiger partial charge is 0.504 e. The van der Waals surface area contributed by atoms with Crippen molar-refractivity contribution in [3.05, 3.63) is 59.7 Å². The van der Waals surface area contributed by atoms with Crippen molar-refractivity contribution in [3.8, 4) is 11.5 Å². The van der Waals surface area contributed by atoms with E-state index in [1.807, 2.05) is 35.2 Å². The van der Waals surface area contributed by atoms with Gasteiger partial charge in [-0.05, 0) is 23.8 Å². The van der Waals surface area contributed by atoms with E-state index in [-0.39, 0.29) is 17.3 Å². The summed E-state index contributed by atoms with van der Waals surface area (Å²) in [7, 11) is 1.47. The Morgan fingerprint density at radius 3 is 2.63 bits per heavy atom. The minimum atomic E-state index is -0.311. The molecule has 0 aromatic heterocycles. The van der Waals surface area contributed by atoms with Gasteiger partial charge in [0.05, 0.1) is 12.8 Å². The van der Waals surface area contributed by atoms with Crippen molar-refractivity contribution in [2.24, 2.45) is 5.16 Å². The zero-order chi connectivity index (χ0) is 18.9. The van der Waals surface area contributed by atoms with Crippen LogP contribution in [-0.2, 0) is 4.84 Å². The molecule has 6 heteroatoms. The first-order valence-electron chi connectivity index (χ1n) is 9.07. The number of benzene rings is 2. The number of amides is 1. The lowest BCUT2D eigenvalue weighted by atomic mass is 9.85.